The number of pyridine rings is 1. The highest BCUT2D eigenvalue weighted by molar-refractivity contribution is 6.21. The number of nitrogens with one attached hydrogen (secondary N) is 1. The van der Waals surface area contributed by atoms with Gasteiger partial charge in [0.2, 0.25) is 0 Å². The number of hydrogen-bond donors (Lipinski definition) is 1. The molecule has 5 heteroatoms. The second kappa shape index (κ2) is 6.80. The highest BCUT2D eigenvalue weighted by Crippen LogP contribution is 2.22. The van der Waals surface area contributed by atoms with Gasteiger partial charge in [-0.1, -0.05) is 24.3 Å². The van der Waals surface area contributed by atoms with Crippen molar-refractivity contribution in [3.05, 3.63) is 95.3 Å². The molecule has 0 spiro atoms. The molecule has 1 aromatic heterocycles. The molecular formula is C21H17N3O2. The molecule has 5 nitrogen and oxygen atoms in total. The van der Waals surface area contributed by atoms with E-state index in [0.717, 1.165) is 12.1 Å². The lowest BCUT2D eigenvalue weighted by Crippen LogP contribution is -2.34. The molecule has 0 radical (unpaired) electrons. The van der Waals surface area contributed by atoms with Crippen LogP contribution >= 0.6 is 0 Å². The number of aromatic nitrogens is 1. The fourth-order valence-electron chi connectivity index (χ4n) is 3.03. The van der Waals surface area contributed by atoms with E-state index in [0.29, 0.717) is 11.1 Å². The van der Waals surface area contributed by atoms with E-state index >= 15 is 0 Å². The van der Waals surface area contributed by atoms with Gasteiger partial charge >= 0.3 is 0 Å². The van der Waals surface area contributed by atoms with E-state index in [2.05, 4.69) is 10.3 Å². The van der Waals surface area contributed by atoms with Gasteiger partial charge in [0.1, 0.15) is 0 Å². The topological polar surface area (TPSA) is 62.3 Å². The Hall–Kier alpha value is -3.47. The van der Waals surface area contributed by atoms with Crippen LogP contribution in [0.3, 0.4) is 0 Å². The molecule has 0 fully saturated rings. The minimum Gasteiger partial charge on any atom is -0.367 e. The minimum atomic E-state index is -0.257. The normalized spacial score (nSPS) is 13.0. The summed E-state index contributed by atoms with van der Waals surface area (Å²) in [4.78, 5) is 29.9. The molecule has 0 saturated heterocycles. The predicted molar refractivity (Wildman–Crippen MR) is 98.9 cm³/mol. The lowest BCUT2D eigenvalue weighted by molar-refractivity contribution is 0.0666. The molecule has 0 bridgehead atoms. The van der Waals surface area contributed by atoms with Gasteiger partial charge in [-0.15, -0.1) is 0 Å². The average Bonchev–Trinajstić information content (AvgIpc) is 2.93. The number of amides is 2. The van der Waals surface area contributed by atoms with Gasteiger partial charge in [0, 0.05) is 18.1 Å². The summed E-state index contributed by atoms with van der Waals surface area (Å²) in [6, 6.07) is 18.9. The fourth-order valence-corrected chi connectivity index (χ4v) is 3.03. The van der Waals surface area contributed by atoms with E-state index in [1.54, 1.807) is 36.7 Å². The van der Waals surface area contributed by atoms with E-state index < -0.39 is 0 Å². The van der Waals surface area contributed by atoms with Crippen molar-refractivity contribution in [1.29, 1.82) is 0 Å². The monoisotopic (exact) mass is 343 g/mol. The number of hydrogen-bond acceptors (Lipinski definition) is 4. The summed E-state index contributed by atoms with van der Waals surface area (Å²) in [5.41, 5.74) is 4.17. The van der Waals surface area contributed by atoms with E-state index in [9.17, 15) is 9.59 Å². The number of fused-ring (bicyclic) bond motifs is 1. The Kier molecular flexibility index (Phi) is 4.19. The van der Waals surface area contributed by atoms with Gasteiger partial charge in [-0.3, -0.25) is 19.5 Å². The third kappa shape index (κ3) is 3.07. The molecule has 0 unspecified atom stereocenters. The molecule has 1 aliphatic rings. The molecule has 1 aliphatic heterocycles. The number of imide groups is 1. The zero-order valence-corrected chi connectivity index (χ0v) is 14.1. The summed E-state index contributed by atoms with van der Waals surface area (Å²) in [6.07, 6.45) is 4.40. The van der Waals surface area contributed by atoms with Gasteiger partial charge in [0.15, 0.2) is 0 Å². The van der Waals surface area contributed by atoms with Gasteiger partial charge in [-0.25, -0.2) is 0 Å². The Morgan fingerprint density at radius 2 is 1.35 bits per heavy atom. The Bertz CT molecular complexity index is 918. The third-order valence-corrected chi connectivity index (χ3v) is 4.43. The first-order valence-corrected chi connectivity index (χ1v) is 8.39. The Morgan fingerprint density at radius 3 is 1.96 bits per heavy atom. The number of carbonyl (C=O) groups excluding carboxylic acids is 2. The Morgan fingerprint density at radius 1 is 0.769 bits per heavy atom. The minimum absolute atomic E-state index is 0.149. The van der Waals surface area contributed by atoms with Crippen LogP contribution in [0.4, 0.5) is 5.69 Å². The van der Waals surface area contributed by atoms with E-state index in [-0.39, 0.29) is 18.5 Å². The van der Waals surface area contributed by atoms with Crippen LogP contribution in [0.25, 0.3) is 0 Å². The number of rotatable bonds is 5. The first-order chi connectivity index (χ1) is 12.7. The van der Waals surface area contributed by atoms with Gasteiger partial charge in [0.05, 0.1) is 17.8 Å². The average molecular weight is 343 g/mol. The van der Waals surface area contributed by atoms with Crippen molar-refractivity contribution in [1.82, 2.24) is 9.88 Å². The molecular weight excluding hydrogens is 326 g/mol. The van der Waals surface area contributed by atoms with Crippen LogP contribution in [0.15, 0.2) is 73.1 Å². The predicted octanol–water partition coefficient (Wildman–Crippen LogP) is 3.34. The molecule has 128 valence electrons. The van der Waals surface area contributed by atoms with E-state index in [1.807, 2.05) is 36.4 Å². The Balaban J connectivity index is 1.40. The van der Waals surface area contributed by atoms with Crippen LogP contribution in [-0.2, 0) is 6.42 Å². The largest absolute Gasteiger partial charge is 0.367 e. The summed E-state index contributed by atoms with van der Waals surface area (Å²) >= 11 is 0. The highest BCUT2D eigenvalue weighted by Gasteiger charge is 2.34. The molecule has 0 saturated carbocycles. The molecule has 2 aromatic carbocycles. The van der Waals surface area contributed by atoms with Crippen molar-refractivity contribution in [3.63, 3.8) is 0 Å². The lowest BCUT2D eigenvalue weighted by Gasteiger charge is -2.16. The summed E-state index contributed by atoms with van der Waals surface area (Å²) in [7, 11) is 0. The van der Waals surface area contributed by atoms with Crippen molar-refractivity contribution in [2.24, 2.45) is 0 Å². The smallest absolute Gasteiger partial charge is 0.263 e. The molecule has 2 amide bonds. The molecule has 1 N–H and O–H groups in total. The van der Waals surface area contributed by atoms with Gasteiger partial charge in [-0.2, -0.15) is 0 Å². The standard InChI is InChI=1S/C21H17N3O2/c25-20-18-3-1-2-4-19(18)21(26)24(20)14-23-17-7-5-15(6-8-17)13-16-9-11-22-12-10-16/h1-12,23H,13-14H2. The zero-order chi connectivity index (χ0) is 17.9. The maximum atomic E-state index is 12.3. The molecule has 26 heavy (non-hydrogen) atoms. The van der Waals surface area contributed by atoms with Crippen molar-refractivity contribution in [2.45, 2.75) is 6.42 Å². The van der Waals surface area contributed by atoms with E-state index in [1.165, 1.54) is 16.0 Å². The number of anilines is 1. The highest BCUT2D eigenvalue weighted by atomic mass is 16.2. The number of nitrogens with zero attached hydrogens (tertiary/aromatic N) is 2. The molecule has 4 rings (SSSR count). The molecule has 2 heterocycles. The number of carbonyl (C=O) groups is 2. The first kappa shape index (κ1) is 16.0. The second-order valence-corrected chi connectivity index (χ2v) is 6.15. The van der Waals surface area contributed by atoms with Crippen molar-refractivity contribution < 1.29 is 9.59 Å². The summed E-state index contributed by atoms with van der Waals surface area (Å²) in [5.74, 6) is -0.514. The van der Waals surface area contributed by atoms with Gasteiger partial charge in [0.25, 0.3) is 11.8 Å². The molecule has 3 aromatic rings. The van der Waals surface area contributed by atoms with Crippen molar-refractivity contribution >= 4 is 17.5 Å². The first-order valence-electron chi connectivity index (χ1n) is 8.39. The van der Waals surface area contributed by atoms with Crippen LogP contribution < -0.4 is 5.32 Å². The molecule has 0 atom stereocenters. The lowest BCUT2D eigenvalue weighted by atomic mass is 10.1. The van der Waals surface area contributed by atoms with Crippen LogP contribution in [0, 0.1) is 0 Å². The van der Waals surface area contributed by atoms with Gasteiger partial charge in [-0.05, 0) is 53.9 Å². The Labute approximate surface area is 151 Å². The number of benzene rings is 2. The van der Waals surface area contributed by atoms with Crippen molar-refractivity contribution in [2.75, 3.05) is 12.0 Å². The van der Waals surface area contributed by atoms with E-state index in [4.69, 9.17) is 0 Å². The molecule has 0 aliphatic carbocycles. The maximum Gasteiger partial charge on any atom is 0.263 e. The van der Waals surface area contributed by atoms with Gasteiger partial charge < -0.3 is 5.32 Å². The third-order valence-electron chi connectivity index (χ3n) is 4.43. The fraction of sp³-hybridized carbons (Fsp3) is 0.0952. The second-order valence-electron chi connectivity index (χ2n) is 6.15. The quantitative estimate of drug-likeness (QED) is 0.722. The SMILES string of the molecule is O=C1c2ccccc2C(=O)N1CNc1ccc(Cc2ccncc2)cc1. The van der Waals surface area contributed by atoms with Crippen molar-refractivity contribution in [3.8, 4) is 0 Å². The van der Waals surface area contributed by atoms with Crippen LogP contribution in [0.5, 0.6) is 0 Å². The maximum absolute atomic E-state index is 12.3. The van der Waals surface area contributed by atoms with Crippen LogP contribution in [0.1, 0.15) is 31.8 Å². The summed E-state index contributed by atoms with van der Waals surface area (Å²) in [5, 5.41) is 3.15. The van der Waals surface area contributed by atoms with Crippen LogP contribution in [-0.4, -0.2) is 28.4 Å². The summed E-state index contributed by atoms with van der Waals surface area (Å²) in [6.45, 7) is 0.149. The van der Waals surface area contributed by atoms with Crippen LogP contribution in [0.2, 0.25) is 0 Å². The zero-order valence-electron chi connectivity index (χ0n) is 14.1. The summed E-state index contributed by atoms with van der Waals surface area (Å²) < 4.78 is 0.